The molecule has 1 aromatic rings. The normalized spacial score (nSPS) is 20.7. The molecule has 98 valence electrons. The average molecular weight is 246 g/mol. The number of methoxy groups -OCH3 is 1. The lowest BCUT2D eigenvalue weighted by molar-refractivity contribution is 0.101. The Bertz CT molecular complexity index is 423. The van der Waals surface area contributed by atoms with Crippen LogP contribution in [0.3, 0.4) is 0 Å². The summed E-state index contributed by atoms with van der Waals surface area (Å²) in [6.45, 7) is 2.07. The molecule has 1 N–H and O–H groups in total. The number of aliphatic hydroxyl groups excluding tert-OH is 1. The van der Waals surface area contributed by atoms with Gasteiger partial charge in [0.15, 0.2) is 0 Å². The van der Waals surface area contributed by atoms with Crippen molar-refractivity contribution in [2.24, 2.45) is 5.92 Å². The molecule has 0 fully saturated rings. The van der Waals surface area contributed by atoms with Crippen LogP contribution >= 0.6 is 0 Å². The van der Waals surface area contributed by atoms with E-state index < -0.39 is 0 Å². The first-order chi connectivity index (χ1) is 8.70. The van der Waals surface area contributed by atoms with Crippen molar-refractivity contribution in [2.75, 3.05) is 7.11 Å². The molecule has 0 spiro atoms. The van der Waals surface area contributed by atoms with Crippen LogP contribution in [-0.4, -0.2) is 18.3 Å². The van der Waals surface area contributed by atoms with E-state index >= 15 is 0 Å². The maximum Gasteiger partial charge on any atom is 0.122 e. The van der Waals surface area contributed by atoms with Crippen molar-refractivity contribution in [3.8, 4) is 5.75 Å². The minimum Gasteiger partial charge on any atom is -0.496 e. The van der Waals surface area contributed by atoms with E-state index in [-0.39, 0.29) is 6.10 Å². The predicted molar refractivity (Wildman–Crippen MR) is 73.9 cm³/mol. The van der Waals surface area contributed by atoms with Crippen molar-refractivity contribution >= 4 is 0 Å². The third-order valence-corrected chi connectivity index (χ3v) is 3.72. The lowest BCUT2D eigenvalue weighted by atomic mass is 9.86. The Balaban J connectivity index is 2.07. The number of ether oxygens (including phenoxy) is 1. The maximum absolute atomic E-state index is 10.3. The first kappa shape index (κ1) is 13.2. The molecule has 2 atom stereocenters. The van der Waals surface area contributed by atoms with Crippen LogP contribution in [0, 0.1) is 12.8 Å². The fourth-order valence-corrected chi connectivity index (χ4v) is 2.63. The molecule has 2 heteroatoms. The van der Waals surface area contributed by atoms with E-state index in [1.807, 2.05) is 12.1 Å². The van der Waals surface area contributed by atoms with E-state index in [4.69, 9.17) is 4.74 Å². The van der Waals surface area contributed by atoms with E-state index in [9.17, 15) is 5.11 Å². The van der Waals surface area contributed by atoms with Gasteiger partial charge in [-0.2, -0.15) is 0 Å². The van der Waals surface area contributed by atoms with Crippen molar-refractivity contribution in [3.63, 3.8) is 0 Å². The van der Waals surface area contributed by atoms with E-state index in [1.165, 1.54) is 5.56 Å². The largest absolute Gasteiger partial charge is 0.496 e. The Morgan fingerprint density at radius 2 is 2.22 bits per heavy atom. The third-order valence-electron chi connectivity index (χ3n) is 3.72. The molecule has 0 aromatic heterocycles. The van der Waals surface area contributed by atoms with Gasteiger partial charge < -0.3 is 9.84 Å². The number of aryl methyl sites for hydroxylation is 1. The maximum atomic E-state index is 10.3. The summed E-state index contributed by atoms with van der Waals surface area (Å²) >= 11 is 0. The highest BCUT2D eigenvalue weighted by Gasteiger charge is 2.21. The summed E-state index contributed by atoms with van der Waals surface area (Å²) in [7, 11) is 1.68. The fraction of sp³-hybridized carbons (Fsp3) is 0.500. The van der Waals surface area contributed by atoms with E-state index in [0.29, 0.717) is 12.3 Å². The molecule has 0 saturated heterocycles. The number of aliphatic hydroxyl groups is 1. The SMILES string of the molecule is COc1ccc(C)cc1CC(O)C1CC=CCC1. The van der Waals surface area contributed by atoms with Gasteiger partial charge in [0.25, 0.3) is 0 Å². The molecule has 18 heavy (non-hydrogen) atoms. The van der Waals surface area contributed by atoms with Crippen LogP contribution in [0.1, 0.15) is 30.4 Å². The first-order valence-electron chi connectivity index (χ1n) is 6.67. The molecule has 0 amide bonds. The summed E-state index contributed by atoms with van der Waals surface area (Å²) in [4.78, 5) is 0. The monoisotopic (exact) mass is 246 g/mol. The molecule has 0 aliphatic heterocycles. The second-order valence-corrected chi connectivity index (χ2v) is 5.13. The van der Waals surface area contributed by atoms with Crippen molar-refractivity contribution in [2.45, 2.75) is 38.7 Å². The highest BCUT2D eigenvalue weighted by molar-refractivity contribution is 5.37. The lowest BCUT2D eigenvalue weighted by Crippen LogP contribution is -2.24. The molecule has 0 radical (unpaired) electrons. The Labute approximate surface area is 109 Å². The molecular weight excluding hydrogens is 224 g/mol. The fourth-order valence-electron chi connectivity index (χ4n) is 2.63. The number of benzene rings is 1. The minimum atomic E-state index is -0.273. The van der Waals surface area contributed by atoms with Crippen LogP contribution in [0.25, 0.3) is 0 Å². The summed E-state index contributed by atoms with van der Waals surface area (Å²) in [5.74, 6) is 1.27. The van der Waals surface area contributed by atoms with E-state index in [0.717, 1.165) is 30.6 Å². The second kappa shape index (κ2) is 6.05. The zero-order valence-corrected chi connectivity index (χ0v) is 11.2. The molecule has 2 rings (SSSR count). The second-order valence-electron chi connectivity index (χ2n) is 5.13. The number of allylic oxidation sites excluding steroid dienone is 2. The summed E-state index contributed by atoms with van der Waals surface area (Å²) in [6.07, 6.45) is 7.98. The van der Waals surface area contributed by atoms with Crippen LogP contribution in [0.4, 0.5) is 0 Å². The van der Waals surface area contributed by atoms with Crippen LogP contribution in [0.5, 0.6) is 5.75 Å². The zero-order chi connectivity index (χ0) is 13.0. The molecule has 2 unspecified atom stereocenters. The highest BCUT2D eigenvalue weighted by atomic mass is 16.5. The summed E-state index contributed by atoms with van der Waals surface area (Å²) < 4.78 is 5.36. The van der Waals surface area contributed by atoms with Crippen molar-refractivity contribution in [1.82, 2.24) is 0 Å². The van der Waals surface area contributed by atoms with Crippen molar-refractivity contribution < 1.29 is 9.84 Å². The number of hydrogen-bond donors (Lipinski definition) is 1. The van der Waals surface area contributed by atoms with Gasteiger partial charge in [-0.25, -0.2) is 0 Å². The van der Waals surface area contributed by atoms with Gasteiger partial charge in [0.05, 0.1) is 13.2 Å². The molecule has 0 heterocycles. The van der Waals surface area contributed by atoms with E-state index in [1.54, 1.807) is 7.11 Å². The van der Waals surface area contributed by atoms with E-state index in [2.05, 4.69) is 25.1 Å². The van der Waals surface area contributed by atoms with Crippen molar-refractivity contribution in [3.05, 3.63) is 41.5 Å². The van der Waals surface area contributed by atoms with Gasteiger partial charge in [0.1, 0.15) is 5.75 Å². The molecule has 1 aromatic carbocycles. The summed E-state index contributed by atoms with van der Waals surface area (Å²) in [5.41, 5.74) is 2.32. The van der Waals surface area contributed by atoms with Gasteiger partial charge in [-0.3, -0.25) is 0 Å². The van der Waals surface area contributed by atoms with Crippen LogP contribution in [0.2, 0.25) is 0 Å². The van der Waals surface area contributed by atoms with Gasteiger partial charge in [0.2, 0.25) is 0 Å². The first-order valence-corrected chi connectivity index (χ1v) is 6.67. The lowest BCUT2D eigenvalue weighted by Gasteiger charge is -2.24. The number of hydrogen-bond acceptors (Lipinski definition) is 2. The van der Waals surface area contributed by atoms with Gasteiger partial charge in [0, 0.05) is 6.42 Å². The summed E-state index contributed by atoms with van der Waals surface area (Å²) in [6, 6.07) is 6.14. The Hall–Kier alpha value is -1.28. The van der Waals surface area contributed by atoms with Gasteiger partial charge >= 0.3 is 0 Å². The Kier molecular flexibility index (Phi) is 4.43. The Morgan fingerprint density at radius 1 is 1.39 bits per heavy atom. The van der Waals surface area contributed by atoms with Gasteiger partial charge in [-0.1, -0.05) is 29.8 Å². The summed E-state index contributed by atoms with van der Waals surface area (Å²) in [5, 5.41) is 10.3. The van der Waals surface area contributed by atoms with Crippen molar-refractivity contribution in [1.29, 1.82) is 0 Å². The molecular formula is C16H22O2. The average Bonchev–Trinajstić information content (AvgIpc) is 2.40. The third kappa shape index (κ3) is 3.14. The molecule has 1 aliphatic carbocycles. The van der Waals surface area contributed by atoms with Crippen LogP contribution in [-0.2, 0) is 6.42 Å². The van der Waals surface area contributed by atoms with Gasteiger partial charge in [-0.05, 0) is 43.7 Å². The molecule has 0 saturated carbocycles. The number of rotatable bonds is 4. The highest BCUT2D eigenvalue weighted by Crippen LogP contribution is 2.27. The quantitative estimate of drug-likeness (QED) is 0.826. The zero-order valence-electron chi connectivity index (χ0n) is 11.2. The smallest absolute Gasteiger partial charge is 0.122 e. The molecule has 2 nitrogen and oxygen atoms in total. The standard InChI is InChI=1S/C16H22O2/c1-12-8-9-16(18-2)14(10-12)11-15(17)13-6-4-3-5-7-13/h3-4,8-10,13,15,17H,5-7,11H2,1-2H3. The molecule has 1 aliphatic rings. The van der Waals surface area contributed by atoms with Crippen LogP contribution in [0.15, 0.2) is 30.4 Å². The topological polar surface area (TPSA) is 29.5 Å². The van der Waals surface area contributed by atoms with Crippen LogP contribution < -0.4 is 4.74 Å². The minimum absolute atomic E-state index is 0.273. The predicted octanol–water partition coefficient (Wildman–Crippen LogP) is 3.26. The van der Waals surface area contributed by atoms with Gasteiger partial charge in [-0.15, -0.1) is 0 Å². The Morgan fingerprint density at radius 3 is 2.89 bits per heavy atom. The molecule has 0 bridgehead atoms.